The number of rotatable bonds is 5. The van der Waals surface area contributed by atoms with Crippen molar-refractivity contribution in [1.82, 2.24) is 19.2 Å². The molecule has 0 saturated carbocycles. The van der Waals surface area contributed by atoms with Gasteiger partial charge in [0.25, 0.3) is 0 Å². The highest BCUT2D eigenvalue weighted by Crippen LogP contribution is 2.15. The fraction of sp³-hybridized carbons (Fsp3) is 0.182. The van der Waals surface area contributed by atoms with Crippen molar-refractivity contribution in [2.45, 2.75) is 26.7 Å². The van der Waals surface area contributed by atoms with Gasteiger partial charge in [-0.2, -0.15) is 0 Å². The second kappa shape index (κ2) is 8.23. The Morgan fingerprint density at radius 2 is 1.73 bits per heavy atom. The zero-order valence-corrected chi connectivity index (χ0v) is 18.2. The molecule has 2 heterocycles. The number of anilines is 1. The van der Waals surface area contributed by atoms with Crippen LogP contribution in [0, 0.1) is 13.8 Å². The Hall–Kier alpha value is -3.26. The first kappa shape index (κ1) is 20.0. The van der Waals surface area contributed by atoms with Gasteiger partial charge in [0.2, 0.25) is 11.6 Å². The van der Waals surface area contributed by atoms with E-state index in [2.05, 4.69) is 37.5 Å². The molecule has 7 nitrogen and oxygen atoms in total. The zero-order valence-electron chi connectivity index (χ0n) is 16.6. The number of carbonyl (C=O) groups excluding carboxylic acids is 1. The molecule has 0 aliphatic heterocycles. The lowest BCUT2D eigenvalue weighted by Crippen LogP contribution is -2.20. The van der Waals surface area contributed by atoms with Crippen LogP contribution in [0.4, 0.5) is 5.69 Å². The number of amides is 1. The average molecular weight is 466 g/mol. The van der Waals surface area contributed by atoms with Crippen molar-refractivity contribution in [3.63, 3.8) is 0 Å². The highest BCUT2D eigenvalue weighted by atomic mass is 79.9. The van der Waals surface area contributed by atoms with Crippen LogP contribution < -0.4 is 10.9 Å². The largest absolute Gasteiger partial charge is 0.326 e. The lowest BCUT2D eigenvalue weighted by atomic mass is 10.1. The minimum absolute atomic E-state index is 0.127. The minimum atomic E-state index is -0.249. The summed E-state index contributed by atoms with van der Waals surface area (Å²) in [5.74, 6) is 0.443. The van der Waals surface area contributed by atoms with Crippen LogP contribution >= 0.6 is 15.9 Å². The third-order valence-corrected chi connectivity index (χ3v) is 5.26. The SMILES string of the molecule is Cc1cc(C)cc(-n2ccn3c(CCC(=O)Nc4ccc(Br)cc4)nnc3c2=O)c1. The molecule has 0 unspecified atom stereocenters. The molecule has 0 bridgehead atoms. The second-order valence-electron chi connectivity index (χ2n) is 7.18. The summed E-state index contributed by atoms with van der Waals surface area (Å²) < 4.78 is 4.16. The van der Waals surface area contributed by atoms with Crippen molar-refractivity contribution in [3.05, 3.63) is 86.6 Å². The molecule has 152 valence electrons. The van der Waals surface area contributed by atoms with E-state index in [-0.39, 0.29) is 23.5 Å². The van der Waals surface area contributed by atoms with Crippen LogP contribution in [0.25, 0.3) is 11.3 Å². The van der Waals surface area contributed by atoms with Gasteiger partial charge in [0.1, 0.15) is 5.82 Å². The summed E-state index contributed by atoms with van der Waals surface area (Å²) in [5, 5.41) is 11.0. The molecule has 0 atom stereocenters. The Labute approximate surface area is 181 Å². The van der Waals surface area contributed by atoms with Gasteiger partial charge in [-0.25, -0.2) is 0 Å². The number of aromatic nitrogens is 4. The number of halogens is 1. The molecule has 0 saturated heterocycles. The van der Waals surface area contributed by atoms with Gasteiger partial charge in [-0.3, -0.25) is 18.6 Å². The van der Waals surface area contributed by atoms with Gasteiger partial charge in [-0.15, -0.1) is 10.2 Å². The van der Waals surface area contributed by atoms with Crippen molar-refractivity contribution in [3.8, 4) is 5.69 Å². The van der Waals surface area contributed by atoms with Crippen molar-refractivity contribution in [2.75, 3.05) is 5.32 Å². The first-order valence-corrected chi connectivity index (χ1v) is 10.3. The van der Waals surface area contributed by atoms with E-state index in [9.17, 15) is 9.59 Å². The summed E-state index contributed by atoms with van der Waals surface area (Å²) in [6.45, 7) is 3.99. The third kappa shape index (κ3) is 4.18. The standard InChI is InChI=1S/C22H20BrN5O2/c1-14-11-15(2)13-18(12-14)27-9-10-28-19(25-26-21(28)22(27)30)7-8-20(29)24-17-5-3-16(23)4-6-17/h3-6,9-13H,7-8H2,1-2H3,(H,24,29). The van der Waals surface area contributed by atoms with Crippen LogP contribution in [0.15, 0.2) is 64.1 Å². The summed E-state index contributed by atoms with van der Waals surface area (Å²) in [6, 6.07) is 13.3. The van der Waals surface area contributed by atoms with E-state index >= 15 is 0 Å². The topological polar surface area (TPSA) is 81.3 Å². The van der Waals surface area contributed by atoms with E-state index in [1.165, 1.54) is 0 Å². The fourth-order valence-corrected chi connectivity index (χ4v) is 3.64. The average Bonchev–Trinajstić information content (AvgIpc) is 3.12. The molecule has 0 radical (unpaired) electrons. The Bertz CT molecular complexity index is 1270. The highest BCUT2D eigenvalue weighted by Gasteiger charge is 2.13. The van der Waals surface area contributed by atoms with E-state index in [4.69, 9.17) is 0 Å². The third-order valence-electron chi connectivity index (χ3n) is 4.73. The summed E-state index contributed by atoms with van der Waals surface area (Å²) in [7, 11) is 0. The van der Waals surface area contributed by atoms with Crippen molar-refractivity contribution < 1.29 is 4.79 Å². The number of hydrogen-bond acceptors (Lipinski definition) is 4. The van der Waals surface area contributed by atoms with Crippen LogP contribution in [-0.4, -0.2) is 25.1 Å². The van der Waals surface area contributed by atoms with Gasteiger partial charge in [-0.1, -0.05) is 22.0 Å². The Morgan fingerprint density at radius 1 is 1.03 bits per heavy atom. The monoisotopic (exact) mass is 465 g/mol. The highest BCUT2D eigenvalue weighted by molar-refractivity contribution is 9.10. The van der Waals surface area contributed by atoms with E-state index < -0.39 is 0 Å². The van der Waals surface area contributed by atoms with Crippen molar-refractivity contribution in [1.29, 1.82) is 0 Å². The van der Waals surface area contributed by atoms with Gasteiger partial charge in [0.05, 0.1) is 0 Å². The number of hydrogen-bond donors (Lipinski definition) is 1. The van der Waals surface area contributed by atoms with Gasteiger partial charge < -0.3 is 5.32 Å². The molecule has 4 rings (SSSR count). The van der Waals surface area contributed by atoms with Crippen LogP contribution in [0.2, 0.25) is 0 Å². The number of aryl methyl sites for hydroxylation is 3. The normalized spacial score (nSPS) is 11.0. The molecule has 0 aliphatic carbocycles. The Kier molecular flexibility index (Phi) is 5.50. The number of fused-ring (bicyclic) bond motifs is 1. The molecular weight excluding hydrogens is 446 g/mol. The van der Waals surface area contributed by atoms with E-state index in [0.29, 0.717) is 12.2 Å². The van der Waals surface area contributed by atoms with Gasteiger partial charge in [0, 0.05) is 41.1 Å². The Balaban J connectivity index is 1.53. The van der Waals surface area contributed by atoms with Crippen molar-refractivity contribution >= 4 is 33.2 Å². The predicted molar refractivity (Wildman–Crippen MR) is 119 cm³/mol. The summed E-state index contributed by atoms with van der Waals surface area (Å²) in [4.78, 5) is 25.2. The maximum Gasteiger partial charge on any atom is 0.300 e. The molecule has 0 fully saturated rings. The van der Waals surface area contributed by atoms with Gasteiger partial charge in [-0.05, 0) is 61.4 Å². The van der Waals surface area contributed by atoms with Crippen LogP contribution in [0.3, 0.4) is 0 Å². The lowest BCUT2D eigenvalue weighted by molar-refractivity contribution is -0.116. The summed E-state index contributed by atoms with van der Waals surface area (Å²) in [6.07, 6.45) is 4.07. The van der Waals surface area contributed by atoms with E-state index in [1.807, 2.05) is 50.2 Å². The molecule has 2 aromatic heterocycles. The molecule has 0 aliphatic rings. The number of nitrogens with zero attached hydrogens (tertiary/aromatic N) is 4. The molecule has 0 spiro atoms. The van der Waals surface area contributed by atoms with E-state index in [0.717, 1.165) is 27.0 Å². The number of nitrogens with one attached hydrogen (secondary N) is 1. The molecule has 4 aromatic rings. The number of benzene rings is 2. The van der Waals surface area contributed by atoms with Crippen LogP contribution in [0.5, 0.6) is 0 Å². The van der Waals surface area contributed by atoms with E-state index in [1.54, 1.807) is 21.4 Å². The number of carbonyl (C=O) groups is 1. The van der Waals surface area contributed by atoms with Gasteiger partial charge in [0.15, 0.2) is 0 Å². The maximum absolute atomic E-state index is 12.9. The zero-order chi connectivity index (χ0) is 21.3. The molecule has 1 amide bonds. The first-order chi connectivity index (χ1) is 14.4. The predicted octanol–water partition coefficient (Wildman–Crippen LogP) is 3.83. The minimum Gasteiger partial charge on any atom is -0.326 e. The lowest BCUT2D eigenvalue weighted by Gasteiger charge is -2.09. The molecule has 1 N–H and O–H groups in total. The fourth-order valence-electron chi connectivity index (χ4n) is 3.38. The quantitative estimate of drug-likeness (QED) is 0.485. The molecule has 30 heavy (non-hydrogen) atoms. The van der Waals surface area contributed by atoms with Crippen LogP contribution in [0.1, 0.15) is 23.4 Å². The first-order valence-electron chi connectivity index (χ1n) is 9.50. The summed E-state index contributed by atoms with van der Waals surface area (Å²) >= 11 is 3.37. The second-order valence-corrected chi connectivity index (χ2v) is 8.10. The smallest absolute Gasteiger partial charge is 0.300 e. The van der Waals surface area contributed by atoms with Gasteiger partial charge >= 0.3 is 5.56 Å². The molecule has 8 heteroatoms. The molecular formula is C22H20BrN5O2. The van der Waals surface area contributed by atoms with Crippen LogP contribution in [-0.2, 0) is 11.2 Å². The summed E-state index contributed by atoms with van der Waals surface area (Å²) in [5.41, 5.74) is 3.66. The Morgan fingerprint density at radius 3 is 2.43 bits per heavy atom. The van der Waals surface area contributed by atoms with Crippen molar-refractivity contribution in [2.24, 2.45) is 0 Å². The maximum atomic E-state index is 12.9. The molecule has 2 aromatic carbocycles.